The standard InChI is InChI=1S/C16H26N2O/c1-13-3-2-4-16(11-13)19-10-9-18-12-14-5-7-15(17)8-6-14/h2-4,11,14-15,18H,5-10,12,17H2,1H3. The van der Waals surface area contributed by atoms with E-state index in [-0.39, 0.29) is 0 Å². The smallest absolute Gasteiger partial charge is 0.119 e. The summed E-state index contributed by atoms with van der Waals surface area (Å²) in [5, 5.41) is 3.49. The molecule has 1 aliphatic rings. The van der Waals surface area contributed by atoms with E-state index in [2.05, 4.69) is 24.4 Å². The first kappa shape index (κ1) is 14.4. The van der Waals surface area contributed by atoms with Crippen LogP contribution in [0.15, 0.2) is 24.3 Å². The minimum Gasteiger partial charge on any atom is -0.492 e. The van der Waals surface area contributed by atoms with Crippen LogP contribution >= 0.6 is 0 Å². The van der Waals surface area contributed by atoms with E-state index in [0.717, 1.165) is 31.4 Å². The van der Waals surface area contributed by atoms with Crippen molar-refractivity contribution in [1.82, 2.24) is 5.32 Å². The molecule has 0 heterocycles. The number of hydrogen-bond donors (Lipinski definition) is 2. The van der Waals surface area contributed by atoms with Crippen LogP contribution in [0.2, 0.25) is 0 Å². The average Bonchev–Trinajstić information content (AvgIpc) is 2.41. The SMILES string of the molecule is Cc1cccc(OCCNCC2CCC(N)CC2)c1. The summed E-state index contributed by atoms with van der Waals surface area (Å²) in [5.74, 6) is 1.77. The Morgan fingerprint density at radius 2 is 2.05 bits per heavy atom. The van der Waals surface area contributed by atoms with Gasteiger partial charge in [0, 0.05) is 12.6 Å². The van der Waals surface area contributed by atoms with Crippen molar-refractivity contribution in [3.8, 4) is 5.75 Å². The highest BCUT2D eigenvalue weighted by molar-refractivity contribution is 5.27. The number of benzene rings is 1. The lowest BCUT2D eigenvalue weighted by atomic mass is 9.86. The fourth-order valence-electron chi connectivity index (χ4n) is 2.64. The second kappa shape index (κ2) is 7.51. The predicted molar refractivity (Wildman–Crippen MR) is 79.5 cm³/mol. The normalized spacial score (nSPS) is 23.3. The van der Waals surface area contributed by atoms with Crippen LogP contribution in [-0.4, -0.2) is 25.7 Å². The summed E-state index contributed by atoms with van der Waals surface area (Å²) in [6, 6.07) is 8.64. The highest BCUT2D eigenvalue weighted by atomic mass is 16.5. The Kier molecular flexibility index (Phi) is 5.67. The third-order valence-electron chi connectivity index (χ3n) is 3.86. The summed E-state index contributed by atoms with van der Waals surface area (Å²) in [6.07, 6.45) is 4.91. The largest absolute Gasteiger partial charge is 0.492 e. The van der Waals surface area contributed by atoms with Crippen LogP contribution in [0.1, 0.15) is 31.2 Å². The molecule has 0 amide bonds. The molecule has 1 saturated carbocycles. The Balaban J connectivity index is 1.55. The van der Waals surface area contributed by atoms with Gasteiger partial charge in [0.2, 0.25) is 0 Å². The second-order valence-corrected chi connectivity index (χ2v) is 5.65. The zero-order valence-corrected chi connectivity index (χ0v) is 11.9. The van der Waals surface area contributed by atoms with Crippen LogP contribution < -0.4 is 15.8 Å². The topological polar surface area (TPSA) is 47.3 Å². The summed E-state index contributed by atoms with van der Waals surface area (Å²) in [6.45, 7) is 4.83. The molecule has 1 fully saturated rings. The number of nitrogens with two attached hydrogens (primary N) is 1. The maximum atomic E-state index is 5.91. The van der Waals surface area contributed by atoms with E-state index >= 15 is 0 Å². The summed E-state index contributed by atoms with van der Waals surface area (Å²) in [4.78, 5) is 0. The molecule has 0 atom stereocenters. The maximum absolute atomic E-state index is 5.91. The Bertz CT molecular complexity index is 373. The van der Waals surface area contributed by atoms with E-state index in [4.69, 9.17) is 10.5 Å². The first-order chi connectivity index (χ1) is 9.24. The molecule has 0 bridgehead atoms. The summed E-state index contributed by atoms with van der Waals surface area (Å²) in [5.41, 5.74) is 7.15. The van der Waals surface area contributed by atoms with Crippen molar-refractivity contribution in [3.63, 3.8) is 0 Å². The number of ether oxygens (including phenoxy) is 1. The molecule has 3 nitrogen and oxygen atoms in total. The number of nitrogens with one attached hydrogen (secondary N) is 1. The van der Waals surface area contributed by atoms with Gasteiger partial charge in [-0.1, -0.05) is 12.1 Å². The van der Waals surface area contributed by atoms with Crippen LogP contribution in [0.4, 0.5) is 0 Å². The molecule has 106 valence electrons. The molecule has 2 rings (SSSR count). The van der Waals surface area contributed by atoms with E-state index in [1.807, 2.05) is 12.1 Å². The molecule has 0 radical (unpaired) electrons. The minimum absolute atomic E-state index is 0.445. The molecule has 3 heteroatoms. The molecule has 1 aliphatic carbocycles. The van der Waals surface area contributed by atoms with E-state index in [0.29, 0.717) is 6.04 Å². The van der Waals surface area contributed by atoms with Crippen molar-refractivity contribution in [3.05, 3.63) is 29.8 Å². The van der Waals surface area contributed by atoms with Gasteiger partial charge < -0.3 is 15.8 Å². The zero-order chi connectivity index (χ0) is 13.5. The monoisotopic (exact) mass is 262 g/mol. The van der Waals surface area contributed by atoms with Gasteiger partial charge in [-0.15, -0.1) is 0 Å². The summed E-state index contributed by atoms with van der Waals surface area (Å²) in [7, 11) is 0. The Labute approximate surface area is 116 Å². The zero-order valence-electron chi connectivity index (χ0n) is 11.9. The average molecular weight is 262 g/mol. The van der Waals surface area contributed by atoms with E-state index in [9.17, 15) is 0 Å². The Hall–Kier alpha value is -1.06. The van der Waals surface area contributed by atoms with Crippen LogP contribution in [0.25, 0.3) is 0 Å². The first-order valence-electron chi connectivity index (χ1n) is 7.40. The van der Waals surface area contributed by atoms with Crippen molar-refractivity contribution >= 4 is 0 Å². The summed E-state index contributed by atoms with van der Waals surface area (Å²) >= 11 is 0. The van der Waals surface area contributed by atoms with Gasteiger partial charge in [0.25, 0.3) is 0 Å². The quantitative estimate of drug-likeness (QED) is 0.774. The van der Waals surface area contributed by atoms with Gasteiger partial charge in [0.05, 0.1) is 0 Å². The molecule has 1 aromatic rings. The molecular formula is C16H26N2O. The molecule has 3 N–H and O–H groups in total. The second-order valence-electron chi connectivity index (χ2n) is 5.65. The number of aryl methyl sites for hydroxylation is 1. The molecule has 0 aliphatic heterocycles. The maximum Gasteiger partial charge on any atom is 0.119 e. The van der Waals surface area contributed by atoms with Crippen LogP contribution in [-0.2, 0) is 0 Å². The predicted octanol–water partition coefficient (Wildman–Crippen LogP) is 2.48. The molecule has 19 heavy (non-hydrogen) atoms. The fourth-order valence-corrected chi connectivity index (χ4v) is 2.64. The lowest BCUT2D eigenvalue weighted by Crippen LogP contribution is -2.33. The van der Waals surface area contributed by atoms with Crippen molar-refractivity contribution in [1.29, 1.82) is 0 Å². The number of hydrogen-bond acceptors (Lipinski definition) is 3. The van der Waals surface area contributed by atoms with Gasteiger partial charge >= 0.3 is 0 Å². The van der Waals surface area contributed by atoms with E-state index < -0.39 is 0 Å². The van der Waals surface area contributed by atoms with Crippen molar-refractivity contribution in [2.24, 2.45) is 11.7 Å². The van der Waals surface area contributed by atoms with E-state index in [1.165, 1.54) is 31.2 Å². The summed E-state index contributed by atoms with van der Waals surface area (Å²) < 4.78 is 5.71. The molecule has 0 aromatic heterocycles. The van der Waals surface area contributed by atoms with Crippen molar-refractivity contribution in [2.75, 3.05) is 19.7 Å². The fraction of sp³-hybridized carbons (Fsp3) is 0.625. The lowest BCUT2D eigenvalue weighted by Gasteiger charge is -2.26. The minimum atomic E-state index is 0.445. The van der Waals surface area contributed by atoms with Gasteiger partial charge in [0.15, 0.2) is 0 Å². The number of rotatable bonds is 6. The van der Waals surface area contributed by atoms with Crippen LogP contribution in [0, 0.1) is 12.8 Å². The first-order valence-corrected chi connectivity index (χ1v) is 7.40. The molecule has 1 aromatic carbocycles. The van der Waals surface area contributed by atoms with Crippen molar-refractivity contribution < 1.29 is 4.74 Å². The molecule has 0 saturated heterocycles. The Morgan fingerprint density at radius 1 is 1.26 bits per heavy atom. The van der Waals surface area contributed by atoms with Gasteiger partial charge in [-0.25, -0.2) is 0 Å². The third-order valence-corrected chi connectivity index (χ3v) is 3.86. The highest BCUT2D eigenvalue weighted by Gasteiger charge is 2.17. The van der Waals surface area contributed by atoms with Crippen LogP contribution in [0.3, 0.4) is 0 Å². The van der Waals surface area contributed by atoms with Gasteiger partial charge in [0.1, 0.15) is 12.4 Å². The van der Waals surface area contributed by atoms with Crippen LogP contribution in [0.5, 0.6) is 5.75 Å². The van der Waals surface area contributed by atoms with Gasteiger partial charge in [-0.3, -0.25) is 0 Å². The van der Waals surface area contributed by atoms with Crippen molar-refractivity contribution in [2.45, 2.75) is 38.6 Å². The molecule has 0 spiro atoms. The van der Waals surface area contributed by atoms with Gasteiger partial charge in [-0.2, -0.15) is 0 Å². The van der Waals surface area contributed by atoms with Gasteiger partial charge in [-0.05, 0) is 62.8 Å². The molecule has 0 unspecified atom stereocenters. The van der Waals surface area contributed by atoms with E-state index in [1.54, 1.807) is 0 Å². The molecular weight excluding hydrogens is 236 g/mol. The highest BCUT2D eigenvalue weighted by Crippen LogP contribution is 2.22. The lowest BCUT2D eigenvalue weighted by molar-refractivity contribution is 0.286. The third kappa shape index (κ3) is 5.21. The Morgan fingerprint density at radius 3 is 2.79 bits per heavy atom.